The minimum atomic E-state index is -4.35. The molecule has 0 unspecified atom stereocenters. The molecular formula is C25H27F3N4O2. The van der Waals surface area contributed by atoms with Crippen molar-refractivity contribution >= 4 is 11.6 Å². The Bertz CT molecular complexity index is 1140. The van der Waals surface area contributed by atoms with Crippen LogP contribution in [0.15, 0.2) is 48.7 Å². The number of halogens is 3. The van der Waals surface area contributed by atoms with E-state index >= 15 is 0 Å². The molecule has 34 heavy (non-hydrogen) atoms. The molecule has 9 heteroatoms. The topological polar surface area (TPSA) is 73.5 Å². The monoisotopic (exact) mass is 472 g/mol. The van der Waals surface area contributed by atoms with Crippen LogP contribution in [0.3, 0.4) is 0 Å². The standard InChI is InChI=1S/C25H27F3N4O2/c1-16-14-30-22(29)13-20(16)18-11-23(32-10-4-3-5-21(32)25(26,27)28)31-24(12-18)34-15-17-6-8-19(33-2)9-7-17/h6-9,11-14,21H,3-5,10,15H2,1-2H3,(H2,29,30)/t21-/m1/s1. The molecule has 1 fully saturated rings. The van der Waals surface area contributed by atoms with E-state index in [1.807, 2.05) is 31.2 Å². The van der Waals surface area contributed by atoms with Gasteiger partial charge >= 0.3 is 6.18 Å². The fourth-order valence-corrected chi connectivity index (χ4v) is 4.14. The van der Waals surface area contributed by atoms with Crippen LogP contribution in [0, 0.1) is 6.92 Å². The minimum Gasteiger partial charge on any atom is -0.497 e. The number of rotatable bonds is 6. The van der Waals surface area contributed by atoms with Crippen molar-refractivity contribution in [1.82, 2.24) is 9.97 Å². The first-order valence-corrected chi connectivity index (χ1v) is 11.1. The summed E-state index contributed by atoms with van der Waals surface area (Å²) >= 11 is 0. The first-order chi connectivity index (χ1) is 16.2. The number of aromatic nitrogens is 2. The van der Waals surface area contributed by atoms with Crippen LogP contribution in [0.1, 0.15) is 30.4 Å². The molecular weight excluding hydrogens is 445 g/mol. The normalized spacial score (nSPS) is 16.4. The van der Waals surface area contributed by atoms with Crippen LogP contribution in [-0.4, -0.2) is 35.8 Å². The number of methoxy groups -OCH3 is 1. The first kappa shape index (κ1) is 23.7. The molecule has 1 aliphatic heterocycles. The molecule has 2 aromatic heterocycles. The molecule has 0 amide bonds. The third-order valence-electron chi connectivity index (χ3n) is 5.94. The number of hydrogen-bond acceptors (Lipinski definition) is 6. The van der Waals surface area contributed by atoms with Gasteiger partial charge in [0.15, 0.2) is 0 Å². The van der Waals surface area contributed by atoms with Crippen LogP contribution in [0.5, 0.6) is 11.6 Å². The van der Waals surface area contributed by atoms with E-state index in [0.717, 1.165) is 22.4 Å². The molecule has 2 N–H and O–H groups in total. The second kappa shape index (κ2) is 9.79. The van der Waals surface area contributed by atoms with Crippen LogP contribution in [0.2, 0.25) is 0 Å². The van der Waals surface area contributed by atoms with E-state index in [1.54, 1.807) is 31.5 Å². The largest absolute Gasteiger partial charge is 0.497 e. The van der Waals surface area contributed by atoms with Crippen LogP contribution >= 0.6 is 0 Å². The minimum absolute atomic E-state index is 0.0404. The number of alkyl halides is 3. The third kappa shape index (κ3) is 5.35. The number of aryl methyl sites for hydroxylation is 1. The lowest BCUT2D eigenvalue weighted by Crippen LogP contribution is -2.49. The molecule has 1 saturated heterocycles. The van der Waals surface area contributed by atoms with Crippen molar-refractivity contribution in [2.24, 2.45) is 0 Å². The van der Waals surface area contributed by atoms with Crippen molar-refractivity contribution in [3.05, 3.63) is 59.8 Å². The lowest BCUT2D eigenvalue weighted by atomic mass is 10.00. The van der Waals surface area contributed by atoms with Gasteiger partial charge in [-0.25, -0.2) is 4.98 Å². The SMILES string of the molecule is COc1ccc(COc2cc(-c3cc(N)ncc3C)cc(N3CCCC[C@@H]3C(F)(F)F)n2)cc1. The molecule has 3 heterocycles. The van der Waals surface area contributed by atoms with Gasteiger partial charge in [-0.05, 0) is 72.7 Å². The Morgan fingerprint density at radius 1 is 1.12 bits per heavy atom. The second-order valence-corrected chi connectivity index (χ2v) is 8.36. The predicted molar refractivity (Wildman–Crippen MR) is 125 cm³/mol. The van der Waals surface area contributed by atoms with E-state index < -0.39 is 12.2 Å². The van der Waals surface area contributed by atoms with Gasteiger partial charge in [-0.1, -0.05) is 12.1 Å². The maximum atomic E-state index is 13.8. The van der Waals surface area contributed by atoms with Gasteiger partial charge in [0.25, 0.3) is 0 Å². The summed E-state index contributed by atoms with van der Waals surface area (Å²) in [5, 5.41) is 0. The maximum absolute atomic E-state index is 13.8. The van der Waals surface area contributed by atoms with Crippen LogP contribution < -0.4 is 20.1 Å². The fourth-order valence-electron chi connectivity index (χ4n) is 4.14. The summed E-state index contributed by atoms with van der Waals surface area (Å²) in [7, 11) is 1.59. The van der Waals surface area contributed by atoms with Gasteiger partial charge in [0.1, 0.15) is 30.0 Å². The Balaban J connectivity index is 1.72. The van der Waals surface area contributed by atoms with Crippen LogP contribution in [0.4, 0.5) is 24.8 Å². The lowest BCUT2D eigenvalue weighted by molar-refractivity contribution is -0.152. The van der Waals surface area contributed by atoms with Gasteiger partial charge in [-0.2, -0.15) is 18.2 Å². The van der Waals surface area contributed by atoms with Crippen LogP contribution in [0.25, 0.3) is 11.1 Å². The van der Waals surface area contributed by atoms with E-state index in [2.05, 4.69) is 9.97 Å². The highest BCUT2D eigenvalue weighted by Crippen LogP contribution is 2.37. The summed E-state index contributed by atoms with van der Waals surface area (Å²) in [6.07, 6.45) is -1.47. The molecule has 3 aromatic rings. The van der Waals surface area contributed by atoms with Crippen LogP contribution in [-0.2, 0) is 6.61 Å². The van der Waals surface area contributed by atoms with E-state index in [-0.39, 0.29) is 31.3 Å². The van der Waals surface area contributed by atoms with Crippen molar-refractivity contribution < 1.29 is 22.6 Å². The highest BCUT2D eigenvalue weighted by atomic mass is 19.4. The molecule has 6 nitrogen and oxygen atoms in total. The lowest BCUT2D eigenvalue weighted by Gasteiger charge is -2.37. The molecule has 1 aromatic carbocycles. The van der Waals surface area contributed by atoms with Crippen molar-refractivity contribution in [2.45, 2.75) is 45.0 Å². The van der Waals surface area contributed by atoms with Crippen molar-refractivity contribution in [3.63, 3.8) is 0 Å². The zero-order valence-electron chi connectivity index (χ0n) is 19.1. The summed E-state index contributed by atoms with van der Waals surface area (Å²) in [5.41, 5.74) is 9.06. The average Bonchev–Trinajstić information content (AvgIpc) is 2.84. The fraction of sp³-hybridized carbons (Fsp3) is 0.360. The molecule has 1 atom stereocenters. The summed E-state index contributed by atoms with van der Waals surface area (Å²) in [6.45, 7) is 2.36. The van der Waals surface area contributed by atoms with Gasteiger partial charge in [-0.15, -0.1) is 0 Å². The number of nitrogens with two attached hydrogens (primary N) is 1. The Hall–Kier alpha value is -3.49. The van der Waals surface area contributed by atoms with E-state index in [0.29, 0.717) is 24.2 Å². The molecule has 0 bridgehead atoms. The highest BCUT2D eigenvalue weighted by molar-refractivity contribution is 5.72. The number of anilines is 2. The number of nitrogen functional groups attached to an aromatic ring is 1. The van der Waals surface area contributed by atoms with Gasteiger partial charge in [0.2, 0.25) is 5.88 Å². The summed E-state index contributed by atoms with van der Waals surface area (Å²) in [5.74, 6) is 1.52. The predicted octanol–water partition coefficient (Wildman–Crippen LogP) is 5.54. The Labute approximate surface area is 196 Å². The highest BCUT2D eigenvalue weighted by Gasteiger charge is 2.45. The smallest absolute Gasteiger partial charge is 0.408 e. The van der Waals surface area contributed by atoms with Crippen molar-refractivity contribution in [2.75, 3.05) is 24.3 Å². The van der Waals surface area contributed by atoms with Crippen molar-refractivity contribution in [3.8, 4) is 22.8 Å². The molecule has 0 spiro atoms. The summed E-state index contributed by atoms with van der Waals surface area (Å²) in [6, 6.07) is 10.9. The zero-order chi connectivity index (χ0) is 24.3. The second-order valence-electron chi connectivity index (χ2n) is 8.36. The quantitative estimate of drug-likeness (QED) is 0.508. The number of nitrogens with zero attached hydrogens (tertiary/aromatic N) is 3. The molecule has 0 radical (unpaired) electrons. The Kier molecular flexibility index (Phi) is 6.81. The Morgan fingerprint density at radius 2 is 1.88 bits per heavy atom. The number of piperidine rings is 1. The van der Waals surface area contributed by atoms with Gasteiger partial charge < -0.3 is 20.1 Å². The molecule has 0 saturated carbocycles. The molecule has 0 aliphatic carbocycles. The van der Waals surface area contributed by atoms with Crippen molar-refractivity contribution in [1.29, 1.82) is 0 Å². The zero-order valence-corrected chi connectivity index (χ0v) is 19.1. The van der Waals surface area contributed by atoms with E-state index in [1.165, 1.54) is 4.90 Å². The molecule has 4 rings (SSSR count). The average molecular weight is 473 g/mol. The van der Waals surface area contributed by atoms with Gasteiger partial charge in [0.05, 0.1) is 7.11 Å². The maximum Gasteiger partial charge on any atom is 0.408 e. The number of ether oxygens (including phenoxy) is 2. The van der Waals surface area contributed by atoms with E-state index in [4.69, 9.17) is 15.2 Å². The molecule has 180 valence electrons. The third-order valence-corrected chi connectivity index (χ3v) is 5.94. The summed E-state index contributed by atoms with van der Waals surface area (Å²) in [4.78, 5) is 9.92. The number of benzene rings is 1. The van der Waals surface area contributed by atoms with E-state index in [9.17, 15) is 13.2 Å². The van der Waals surface area contributed by atoms with Gasteiger partial charge in [0, 0.05) is 18.8 Å². The Morgan fingerprint density at radius 3 is 2.59 bits per heavy atom. The summed E-state index contributed by atoms with van der Waals surface area (Å²) < 4.78 is 52.6. The molecule has 1 aliphatic rings. The van der Waals surface area contributed by atoms with Gasteiger partial charge in [-0.3, -0.25) is 0 Å². The number of pyridine rings is 2. The number of hydrogen-bond donors (Lipinski definition) is 1. The first-order valence-electron chi connectivity index (χ1n) is 11.1.